The highest BCUT2D eigenvalue weighted by Crippen LogP contribution is 2.58. The quantitative estimate of drug-likeness (QED) is 0.469. The van der Waals surface area contributed by atoms with E-state index in [1.54, 1.807) is 7.05 Å². The number of aryl methyl sites for hydroxylation is 1. The maximum absolute atomic E-state index is 14.1. The Morgan fingerprint density at radius 2 is 1.97 bits per heavy atom. The van der Waals surface area contributed by atoms with Gasteiger partial charge in [0.25, 0.3) is 0 Å². The Hall–Kier alpha value is -3.74. The van der Waals surface area contributed by atoms with Gasteiger partial charge >= 0.3 is 6.09 Å². The summed E-state index contributed by atoms with van der Waals surface area (Å²) in [6, 6.07) is 1.13. The molecule has 2 bridgehead atoms. The number of carbonyl (C=O) groups is 2. The van der Waals surface area contributed by atoms with E-state index in [1.807, 2.05) is 0 Å². The lowest BCUT2D eigenvalue weighted by atomic mass is 9.80. The SMILES string of the molecule is C[C@@H](OC(=O)Nc1c(-c2cnc(NC(=O)C3CC4(F)CC3C4)cn2)nnn1C)c1cc(F)cnc1Cl. The Labute approximate surface area is 208 Å². The summed E-state index contributed by atoms with van der Waals surface area (Å²) >= 11 is 5.97. The third-order valence-corrected chi connectivity index (χ3v) is 6.81. The van der Waals surface area contributed by atoms with Crippen LogP contribution in [-0.4, -0.2) is 47.6 Å². The van der Waals surface area contributed by atoms with Gasteiger partial charge in [-0.05, 0) is 38.2 Å². The molecular formula is C22H21ClF2N8O3. The van der Waals surface area contributed by atoms with Crippen molar-refractivity contribution in [1.82, 2.24) is 29.9 Å². The molecule has 3 aliphatic rings. The Morgan fingerprint density at radius 3 is 2.64 bits per heavy atom. The number of hydrogen-bond donors (Lipinski definition) is 2. The molecule has 3 heterocycles. The molecule has 3 aromatic rings. The first-order valence-corrected chi connectivity index (χ1v) is 11.5. The molecule has 188 valence electrons. The molecule has 0 spiro atoms. The van der Waals surface area contributed by atoms with Gasteiger partial charge in [-0.1, -0.05) is 16.8 Å². The van der Waals surface area contributed by atoms with Crippen LogP contribution in [0.4, 0.5) is 25.2 Å². The number of fused-ring (bicyclic) bond motifs is 1. The number of pyridine rings is 1. The molecule has 3 saturated carbocycles. The van der Waals surface area contributed by atoms with Crippen LogP contribution < -0.4 is 10.6 Å². The molecule has 14 heteroatoms. The fourth-order valence-corrected chi connectivity index (χ4v) is 4.93. The van der Waals surface area contributed by atoms with Crippen molar-refractivity contribution in [1.29, 1.82) is 0 Å². The molecule has 0 aromatic carbocycles. The number of nitrogens with zero attached hydrogens (tertiary/aromatic N) is 6. The molecule has 3 aromatic heterocycles. The number of rotatable bonds is 6. The van der Waals surface area contributed by atoms with Gasteiger partial charge in [-0.15, -0.1) is 5.10 Å². The van der Waals surface area contributed by atoms with Crippen LogP contribution in [0.5, 0.6) is 0 Å². The Kier molecular flexibility index (Phi) is 6.02. The second kappa shape index (κ2) is 9.04. The van der Waals surface area contributed by atoms with E-state index in [2.05, 4.69) is 35.9 Å². The minimum absolute atomic E-state index is 0.0103. The average Bonchev–Trinajstić information content (AvgIpc) is 3.46. The normalized spacial score (nSPS) is 23.0. The number of carbonyl (C=O) groups excluding carboxylic acids is 2. The Bertz CT molecular complexity index is 1330. The number of amides is 2. The van der Waals surface area contributed by atoms with Gasteiger partial charge in [0.15, 0.2) is 17.3 Å². The van der Waals surface area contributed by atoms with Crippen LogP contribution >= 0.6 is 11.6 Å². The highest BCUT2D eigenvalue weighted by atomic mass is 35.5. The molecule has 11 nitrogen and oxygen atoms in total. The van der Waals surface area contributed by atoms with Crippen LogP contribution in [0.25, 0.3) is 11.4 Å². The molecule has 3 fully saturated rings. The number of alkyl halides is 1. The highest BCUT2D eigenvalue weighted by Gasteiger charge is 2.59. The summed E-state index contributed by atoms with van der Waals surface area (Å²) in [4.78, 5) is 37.2. The summed E-state index contributed by atoms with van der Waals surface area (Å²) < 4.78 is 34.2. The van der Waals surface area contributed by atoms with Crippen molar-refractivity contribution in [3.63, 3.8) is 0 Å². The first-order chi connectivity index (χ1) is 17.1. The summed E-state index contributed by atoms with van der Waals surface area (Å²) in [7, 11) is 1.55. The second-order valence-electron chi connectivity index (χ2n) is 9.02. The van der Waals surface area contributed by atoms with E-state index in [0.717, 1.165) is 12.3 Å². The number of ether oxygens (including phenoxy) is 1. The predicted molar refractivity (Wildman–Crippen MR) is 123 cm³/mol. The summed E-state index contributed by atoms with van der Waals surface area (Å²) in [5, 5.41) is 13.1. The minimum atomic E-state index is -1.20. The van der Waals surface area contributed by atoms with Crippen molar-refractivity contribution < 1.29 is 23.1 Å². The van der Waals surface area contributed by atoms with Crippen LogP contribution in [-0.2, 0) is 16.6 Å². The molecule has 2 N–H and O–H groups in total. The van der Waals surface area contributed by atoms with Crippen LogP contribution in [0.1, 0.15) is 37.9 Å². The van der Waals surface area contributed by atoms with Gasteiger partial charge in [0.05, 0.1) is 18.6 Å². The largest absolute Gasteiger partial charge is 0.441 e. The van der Waals surface area contributed by atoms with E-state index in [4.69, 9.17) is 16.3 Å². The molecule has 6 rings (SSSR count). The van der Waals surface area contributed by atoms with Crippen molar-refractivity contribution in [3.05, 3.63) is 41.2 Å². The van der Waals surface area contributed by atoms with Crippen molar-refractivity contribution in [2.24, 2.45) is 18.9 Å². The minimum Gasteiger partial charge on any atom is -0.441 e. The zero-order chi connectivity index (χ0) is 25.6. The monoisotopic (exact) mass is 518 g/mol. The maximum Gasteiger partial charge on any atom is 0.413 e. The third kappa shape index (κ3) is 4.57. The molecule has 0 saturated heterocycles. The van der Waals surface area contributed by atoms with Crippen molar-refractivity contribution in [3.8, 4) is 11.4 Å². The lowest BCUT2D eigenvalue weighted by Crippen LogP contribution is -2.31. The zero-order valence-corrected chi connectivity index (χ0v) is 20.0. The van der Waals surface area contributed by atoms with Gasteiger partial charge in [-0.3, -0.25) is 10.1 Å². The smallest absolute Gasteiger partial charge is 0.413 e. The molecule has 0 aliphatic heterocycles. The van der Waals surface area contributed by atoms with E-state index in [1.165, 1.54) is 24.0 Å². The number of anilines is 2. The summed E-state index contributed by atoms with van der Waals surface area (Å²) in [5.74, 6) is -0.794. The van der Waals surface area contributed by atoms with Crippen LogP contribution in [0, 0.1) is 17.7 Å². The fourth-order valence-electron chi connectivity index (χ4n) is 4.68. The van der Waals surface area contributed by atoms with Crippen LogP contribution in [0.15, 0.2) is 24.7 Å². The van der Waals surface area contributed by atoms with Crippen LogP contribution in [0.2, 0.25) is 5.15 Å². The predicted octanol–water partition coefficient (Wildman–Crippen LogP) is 3.85. The topological polar surface area (TPSA) is 137 Å². The Morgan fingerprint density at radius 1 is 1.19 bits per heavy atom. The molecule has 1 unspecified atom stereocenters. The number of halogens is 3. The van der Waals surface area contributed by atoms with Gasteiger partial charge < -0.3 is 10.1 Å². The summed E-state index contributed by atoms with van der Waals surface area (Å²) in [6.07, 6.45) is 3.01. The molecule has 0 radical (unpaired) electrons. The fraction of sp³-hybridized carbons (Fsp3) is 0.409. The first-order valence-electron chi connectivity index (χ1n) is 11.1. The number of nitrogens with one attached hydrogen (secondary N) is 2. The maximum atomic E-state index is 14.1. The zero-order valence-electron chi connectivity index (χ0n) is 19.2. The third-order valence-electron chi connectivity index (χ3n) is 6.50. The lowest BCUT2D eigenvalue weighted by Gasteiger charge is -2.30. The first kappa shape index (κ1) is 24.0. The highest BCUT2D eigenvalue weighted by molar-refractivity contribution is 6.30. The van der Waals surface area contributed by atoms with Crippen LogP contribution in [0.3, 0.4) is 0 Å². The molecular weight excluding hydrogens is 498 g/mol. The average molecular weight is 519 g/mol. The van der Waals surface area contributed by atoms with E-state index in [-0.39, 0.29) is 57.9 Å². The van der Waals surface area contributed by atoms with E-state index in [0.29, 0.717) is 12.8 Å². The van der Waals surface area contributed by atoms with Gasteiger partial charge in [0, 0.05) is 18.5 Å². The molecule has 2 amide bonds. The molecule has 2 atom stereocenters. The summed E-state index contributed by atoms with van der Waals surface area (Å²) in [5.41, 5.74) is -0.520. The van der Waals surface area contributed by atoms with E-state index in [9.17, 15) is 18.4 Å². The van der Waals surface area contributed by atoms with Gasteiger partial charge in [0.2, 0.25) is 5.91 Å². The van der Waals surface area contributed by atoms with Crippen molar-refractivity contribution in [2.45, 2.75) is 38.0 Å². The van der Waals surface area contributed by atoms with E-state index >= 15 is 0 Å². The molecule has 3 aliphatic carbocycles. The van der Waals surface area contributed by atoms with Crippen molar-refractivity contribution >= 4 is 35.2 Å². The van der Waals surface area contributed by atoms with Gasteiger partial charge in [-0.25, -0.2) is 33.2 Å². The van der Waals surface area contributed by atoms with Gasteiger partial charge in [0.1, 0.15) is 28.4 Å². The number of aromatic nitrogens is 6. The lowest BCUT2D eigenvalue weighted by molar-refractivity contribution is -0.120. The standard InChI is InChI=1S/C22H21ClF2N8O3/c1-10(13-3-12(24)7-28-18(13)23)36-21(35)30-19-17(31-32-33(19)2)15-8-27-16(9-26-15)29-20(34)14-6-22(25)4-11(14)5-22/h3,7-11,14H,4-6H2,1-2H3,(H,30,35)(H,27,29,34)/t10-,11?,14?,22?/m1/s1. The van der Waals surface area contributed by atoms with E-state index < -0.39 is 23.7 Å². The summed E-state index contributed by atoms with van der Waals surface area (Å²) in [6.45, 7) is 1.52. The Balaban J connectivity index is 1.25. The second-order valence-corrected chi connectivity index (χ2v) is 9.38. The number of hydrogen-bond acceptors (Lipinski definition) is 8. The van der Waals surface area contributed by atoms with Crippen molar-refractivity contribution in [2.75, 3.05) is 10.6 Å². The molecule has 36 heavy (non-hydrogen) atoms. The van der Waals surface area contributed by atoms with Gasteiger partial charge in [-0.2, -0.15) is 0 Å².